The molecule has 4 rings (SSSR count). The first kappa shape index (κ1) is 24.3. The topological polar surface area (TPSA) is 59.6 Å². The van der Waals surface area contributed by atoms with Gasteiger partial charge >= 0.3 is 0 Å². The van der Waals surface area contributed by atoms with Crippen molar-refractivity contribution < 1.29 is 14.3 Å². The number of benzene rings is 3. The number of nitrogens with one attached hydrogen (secondary N) is 2. The molecule has 1 aliphatic heterocycles. The zero-order chi connectivity index (χ0) is 24.1. The summed E-state index contributed by atoms with van der Waals surface area (Å²) >= 11 is 13.5. The quantitative estimate of drug-likeness (QED) is 0.326. The van der Waals surface area contributed by atoms with Gasteiger partial charge in [0.1, 0.15) is 6.61 Å². The molecule has 0 spiro atoms. The van der Waals surface area contributed by atoms with Gasteiger partial charge < -0.3 is 20.1 Å². The van der Waals surface area contributed by atoms with Gasteiger partial charge in [0.15, 0.2) is 17.0 Å². The first-order valence-electron chi connectivity index (χ1n) is 10.7. The second-order valence-corrected chi connectivity index (χ2v) is 9.58. The van der Waals surface area contributed by atoms with E-state index >= 15 is 0 Å². The third-order valence-electron chi connectivity index (χ3n) is 5.25. The zero-order valence-electron chi connectivity index (χ0n) is 18.7. The molecular formula is C26H24Cl2N2O3S. The van der Waals surface area contributed by atoms with Gasteiger partial charge in [0.25, 0.3) is 5.91 Å². The SMILES string of the molecule is CCc1ccc(N[C@@H]2NC(=O)/C(=C/c3ccc(OCc4ccc(Cl)c(Cl)c4)c(OC)c3)S2)cc1. The highest BCUT2D eigenvalue weighted by atomic mass is 35.5. The van der Waals surface area contributed by atoms with E-state index < -0.39 is 0 Å². The average Bonchev–Trinajstić information content (AvgIpc) is 3.18. The summed E-state index contributed by atoms with van der Waals surface area (Å²) in [7, 11) is 1.58. The van der Waals surface area contributed by atoms with Gasteiger partial charge in [0, 0.05) is 5.69 Å². The van der Waals surface area contributed by atoms with Crippen molar-refractivity contribution in [3.63, 3.8) is 0 Å². The number of anilines is 1. The lowest BCUT2D eigenvalue weighted by atomic mass is 10.1. The molecule has 34 heavy (non-hydrogen) atoms. The van der Waals surface area contributed by atoms with Crippen molar-refractivity contribution in [1.82, 2.24) is 5.32 Å². The van der Waals surface area contributed by atoms with E-state index in [-0.39, 0.29) is 11.4 Å². The van der Waals surface area contributed by atoms with Crippen LogP contribution in [0, 0.1) is 0 Å². The molecule has 1 amide bonds. The largest absolute Gasteiger partial charge is 0.493 e. The molecule has 8 heteroatoms. The van der Waals surface area contributed by atoms with Gasteiger partial charge in [-0.15, -0.1) is 0 Å². The van der Waals surface area contributed by atoms with Crippen LogP contribution in [0.1, 0.15) is 23.6 Å². The molecule has 1 atom stereocenters. The number of carbonyl (C=O) groups is 1. The van der Waals surface area contributed by atoms with Crippen molar-refractivity contribution in [2.75, 3.05) is 12.4 Å². The lowest BCUT2D eigenvalue weighted by Crippen LogP contribution is -2.30. The predicted molar refractivity (Wildman–Crippen MR) is 141 cm³/mol. The normalized spacial score (nSPS) is 16.4. The summed E-state index contributed by atoms with van der Waals surface area (Å²) in [5.41, 5.74) is 3.73. The third-order valence-corrected chi connectivity index (χ3v) is 7.02. The van der Waals surface area contributed by atoms with Crippen molar-refractivity contribution in [3.8, 4) is 11.5 Å². The highest BCUT2D eigenvalue weighted by molar-refractivity contribution is 8.05. The number of rotatable bonds is 8. The molecule has 3 aromatic rings. The van der Waals surface area contributed by atoms with Gasteiger partial charge in [-0.1, -0.05) is 66.2 Å². The van der Waals surface area contributed by atoms with Gasteiger partial charge in [0.05, 0.1) is 22.1 Å². The third kappa shape index (κ3) is 6.00. The maximum atomic E-state index is 12.5. The molecule has 0 saturated carbocycles. The lowest BCUT2D eigenvalue weighted by Gasteiger charge is -2.13. The van der Waals surface area contributed by atoms with Crippen LogP contribution in [0.4, 0.5) is 5.69 Å². The van der Waals surface area contributed by atoms with Crippen LogP contribution in [0.25, 0.3) is 6.08 Å². The van der Waals surface area contributed by atoms with E-state index in [1.807, 2.05) is 42.5 Å². The Morgan fingerprint density at radius 3 is 2.47 bits per heavy atom. The molecular weight excluding hydrogens is 491 g/mol. The molecule has 1 aliphatic rings. The van der Waals surface area contributed by atoms with Crippen LogP contribution >= 0.6 is 35.0 Å². The average molecular weight is 515 g/mol. The Morgan fingerprint density at radius 2 is 1.76 bits per heavy atom. The molecule has 0 aliphatic carbocycles. The fourth-order valence-corrected chi connectivity index (χ4v) is 4.69. The van der Waals surface area contributed by atoms with E-state index in [2.05, 4.69) is 29.7 Å². The van der Waals surface area contributed by atoms with Crippen LogP contribution in [0.3, 0.4) is 0 Å². The van der Waals surface area contributed by atoms with Gasteiger partial charge in [-0.2, -0.15) is 0 Å². The lowest BCUT2D eigenvalue weighted by molar-refractivity contribution is -0.116. The van der Waals surface area contributed by atoms with Crippen molar-refractivity contribution >= 4 is 52.6 Å². The first-order valence-corrected chi connectivity index (χ1v) is 12.4. The van der Waals surface area contributed by atoms with Gasteiger partial charge in [-0.3, -0.25) is 4.79 Å². The molecule has 2 N–H and O–H groups in total. The summed E-state index contributed by atoms with van der Waals surface area (Å²) in [6.45, 7) is 2.44. The number of carbonyl (C=O) groups excluding carboxylic acids is 1. The summed E-state index contributed by atoms with van der Waals surface area (Å²) in [6.07, 6.45) is 2.83. The number of hydrogen-bond donors (Lipinski definition) is 2. The van der Waals surface area contributed by atoms with Crippen molar-refractivity contribution in [1.29, 1.82) is 0 Å². The molecule has 1 heterocycles. The van der Waals surface area contributed by atoms with E-state index in [0.29, 0.717) is 33.1 Å². The van der Waals surface area contributed by atoms with E-state index in [1.54, 1.807) is 19.2 Å². The van der Waals surface area contributed by atoms with Crippen LogP contribution in [0.5, 0.6) is 11.5 Å². The Morgan fingerprint density at radius 1 is 1.00 bits per heavy atom. The standard InChI is InChI=1S/C26H24Cl2N2O3S/c1-3-16-4-8-19(9-5-16)29-26-30-25(31)24(34-26)14-17-7-11-22(23(13-17)32-2)33-15-18-6-10-20(27)21(28)12-18/h4-14,26,29H,3,15H2,1-2H3,(H,30,31)/b24-14-/t26-/m1/s1. The summed E-state index contributed by atoms with van der Waals surface area (Å²) in [6, 6.07) is 19.1. The van der Waals surface area contributed by atoms with E-state index in [0.717, 1.165) is 23.2 Å². The Balaban J connectivity index is 1.42. The number of hydrogen-bond acceptors (Lipinski definition) is 5. The van der Waals surface area contributed by atoms with Crippen LogP contribution in [-0.2, 0) is 17.8 Å². The minimum atomic E-state index is -0.234. The molecule has 0 radical (unpaired) electrons. The highest BCUT2D eigenvalue weighted by Crippen LogP contribution is 2.34. The number of amides is 1. The Hall–Kier alpha value is -2.80. The number of aryl methyl sites for hydroxylation is 1. The van der Waals surface area contributed by atoms with Gasteiger partial charge in [-0.05, 0) is 65.6 Å². The molecule has 0 bridgehead atoms. The summed E-state index contributed by atoms with van der Waals surface area (Å²) < 4.78 is 11.4. The fourth-order valence-electron chi connectivity index (χ4n) is 3.39. The van der Waals surface area contributed by atoms with Crippen LogP contribution in [0.15, 0.2) is 65.6 Å². The van der Waals surface area contributed by atoms with Crippen molar-refractivity contribution in [2.45, 2.75) is 25.4 Å². The molecule has 0 aromatic heterocycles. The monoisotopic (exact) mass is 514 g/mol. The van der Waals surface area contributed by atoms with E-state index in [9.17, 15) is 4.79 Å². The molecule has 1 fully saturated rings. The summed E-state index contributed by atoms with van der Waals surface area (Å²) in [5.74, 6) is 1.05. The fraction of sp³-hybridized carbons (Fsp3) is 0.192. The first-order chi connectivity index (χ1) is 16.4. The number of halogens is 2. The molecule has 5 nitrogen and oxygen atoms in total. The number of ether oxygens (including phenoxy) is 2. The van der Waals surface area contributed by atoms with Crippen molar-refractivity contribution in [3.05, 3.63) is 92.3 Å². The van der Waals surface area contributed by atoms with Gasteiger partial charge in [-0.25, -0.2) is 0 Å². The predicted octanol–water partition coefficient (Wildman–Crippen LogP) is 6.74. The highest BCUT2D eigenvalue weighted by Gasteiger charge is 2.27. The Bertz CT molecular complexity index is 1220. The van der Waals surface area contributed by atoms with Crippen LogP contribution in [-0.4, -0.2) is 18.5 Å². The Kier molecular flexibility index (Phi) is 7.93. The van der Waals surface area contributed by atoms with Gasteiger partial charge in [0.2, 0.25) is 0 Å². The number of methoxy groups -OCH3 is 1. The second-order valence-electron chi connectivity index (χ2n) is 7.62. The van der Waals surface area contributed by atoms with E-state index in [1.165, 1.54) is 17.3 Å². The van der Waals surface area contributed by atoms with Crippen molar-refractivity contribution in [2.24, 2.45) is 0 Å². The smallest absolute Gasteiger partial charge is 0.260 e. The summed E-state index contributed by atoms with van der Waals surface area (Å²) in [5, 5.41) is 7.28. The minimum absolute atomic E-state index is 0.119. The molecule has 3 aromatic carbocycles. The Labute approximate surface area is 213 Å². The molecule has 0 unspecified atom stereocenters. The second kappa shape index (κ2) is 11.1. The maximum Gasteiger partial charge on any atom is 0.260 e. The summed E-state index contributed by atoms with van der Waals surface area (Å²) in [4.78, 5) is 13.1. The molecule has 1 saturated heterocycles. The minimum Gasteiger partial charge on any atom is -0.493 e. The maximum absolute atomic E-state index is 12.5. The molecule has 176 valence electrons. The number of thioether (sulfide) groups is 1. The van der Waals surface area contributed by atoms with E-state index in [4.69, 9.17) is 32.7 Å². The van der Waals surface area contributed by atoms with Crippen LogP contribution in [0.2, 0.25) is 10.0 Å². The van der Waals surface area contributed by atoms with Crippen LogP contribution < -0.4 is 20.1 Å². The zero-order valence-corrected chi connectivity index (χ0v) is 21.1.